The minimum absolute atomic E-state index is 0.119. The number of amides is 1. The average Bonchev–Trinajstić information content (AvgIpc) is 2.54. The van der Waals surface area contributed by atoms with Crippen molar-refractivity contribution in [2.75, 3.05) is 33.4 Å². The number of methoxy groups -OCH3 is 1. The number of alkyl carbamates (subject to hydrolysis) is 1. The standard InChI is InChI=1S/C18H34N2O5/c1-14(2)17(21)24-12-15(3)19-10-8-6-7-9-11-20-18(22)25-16(4)13-23-5/h15-16,19H,1,6-13H2,2-5H3,(H,20,22). The molecule has 0 heterocycles. The summed E-state index contributed by atoms with van der Waals surface area (Å²) in [6, 6.07) is 0.119. The van der Waals surface area contributed by atoms with E-state index in [2.05, 4.69) is 17.2 Å². The monoisotopic (exact) mass is 358 g/mol. The van der Waals surface area contributed by atoms with Crippen LogP contribution in [0.25, 0.3) is 0 Å². The molecule has 0 saturated heterocycles. The van der Waals surface area contributed by atoms with Crippen molar-refractivity contribution in [1.82, 2.24) is 10.6 Å². The number of hydrogen-bond donors (Lipinski definition) is 2. The second-order valence-electron chi connectivity index (χ2n) is 6.25. The second kappa shape index (κ2) is 14.7. The molecule has 7 nitrogen and oxygen atoms in total. The van der Waals surface area contributed by atoms with E-state index in [-0.39, 0.29) is 18.1 Å². The van der Waals surface area contributed by atoms with Crippen LogP contribution in [0.15, 0.2) is 12.2 Å². The summed E-state index contributed by atoms with van der Waals surface area (Å²) in [5.74, 6) is -0.351. The van der Waals surface area contributed by atoms with Gasteiger partial charge in [0.05, 0.1) is 6.61 Å². The predicted octanol–water partition coefficient (Wildman–Crippen LogP) is 2.41. The van der Waals surface area contributed by atoms with E-state index in [0.29, 0.717) is 25.3 Å². The molecule has 0 aromatic rings. The lowest BCUT2D eigenvalue weighted by molar-refractivity contribution is -0.139. The Labute approximate surface area is 151 Å². The smallest absolute Gasteiger partial charge is 0.407 e. The fourth-order valence-electron chi connectivity index (χ4n) is 2.02. The van der Waals surface area contributed by atoms with E-state index >= 15 is 0 Å². The van der Waals surface area contributed by atoms with Gasteiger partial charge >= 0.3 is 12.1 Å². The zero-order valence-corrected chi connectivity index (χ0v) is 16.1. The van der Waals surface area contributed by atoms with Crippen LogP contribution in [-0.4, -0.2) is 57.6 Å². The molecule has 0 aliphatic carbocycles. The Hall–Kier alpha value is -1.60. The molecule has 0 fully saturated rings. The maximum atomic E-state index is 11.4. The van der Waals surface area contributed by atoms with E-state index in [1.807, 2.05) is 6.92 Å². The Morgan fingerprint density at radius 3 is 2.28 bits per heavy atom. The Kier molecular flexibility index (Phi) is 13.8. The van der Waals surface area contributed by atoms with Gasteiger partial charge in [-0.1, -0.05) is 19.4 Å². The number of ether oxygens (including phenoxy) is 3. The number of carbonyl (C=O) groups excluding carboxylic acids is 2. The van der Waals surface area contributed by atoms with E-state index in [0.717, 1.165) is 32.2 Å². The highest BCUT2D eigenvalue weighted by molar-refractivity contribution is 5.86. The summed E-state index contributed by atoms with van der Waals surface area (Å²) in [4.78, 5) is 22.7. The first-order valence-corrected chi connectivity index (χ1v) is 8.86. The minimum atomic E-state index is -0.399. The Morgan fingerprint density at radius 2 is 1.68 bits per heavy atom. The molecule has 0 aromatic carbocycles. The first kappa shape index (κ1) is 23.4. The third kappa shape index (κ3) is 14.4. The van der Waals surface area contributed by atoms with Gasteiger partial charge in [-0.25, -0.2) is 9.59 Å². The number of carbonyl (C=O) groups is 2. The van der Waals surface area contributed by atoms with Gasteiger partial charge in [0.15, 0.2) is 0 Å². The van der Waals surface area contributed by atoms with Gasteiger partial charge in [-0.3, -0.25) is 0 Å². The molecule has 0 rings (SSSR count). The molecule has 1 amide bonds. The summed E-state index contributed by atoms with van der Waals surface area (Å²) in [6.45, 7) is 11.2. The van der Waals surface area contributed by atoms with Gasteiger partial charge in [0.2, 0.25) is 0 Å². The van der Waals surface area contributed by atoms with Crippen molar-refractivity contribution >= 4 is 12.1 Å². The van der Waals surface area contributed by atoms with Gasteiger partial charge in [-0.15, -0.1) is 0 Å². The summed E-state index contributed by atoms with van der Waals surface area (Å²) in [7, 11) is 1.57. The quantitative estimate of drug-likeness (QED) is 0.282. The van der Waals surface area contributed by atoms with Crippen LogP contribution in [0.1, 0.15) is 46.5 Å². The van der Waals surface area contributed by atoms with Crippen molar-refractivity contribution < 1.29 is 23.8 Å². The number of esters is 1. The third-order valence-corrected chi connectivity index (χ3v) is 3.39. The number of hydrogen-bond acceptors (Lipinski definition) is 6. The largest absolute Gasteiger partial charge is 0.461 e. The normalized spacial score (nSPS) is 13.0. The maximum absolute atomic E-state index is 11.4. The van der Waals surface area contributed by atoms with Crippen LogP contribution in [0, 0.1) is 0 Å². The molecule has 0 aliphatic heterocycles. The second-order valence-corrected chi connectivity index (χ2v) is 6.25. The molecular weight excluding hydrogens is 324 g/mol. The Bertz CT molecular complexity index is 401. The lowest BCUT2D eigenvalue weighted by atomic mass is 10.2. The van der Waals surface area contributed by atoms with Crippen LogP contribution in [0.2, 0.25) is 0 Å². The van der Waals surface area contributed by atoms with E-state index in [1.54, 1.807) is 21.0 Å². The Balaban J connectivity index is 3.45. The van der Waals surface area contributed by atoms with Crippen LogP contribution >= 0.6 is 0 Å². The summed E-state index contributed by atoms with van der Waals surface area (Å²) in [5, 5.41) is 6.04. The Morgan fingerprint density at radius 1 is 1.04 bits per heavy atom. The number of nitrogens with one attached hydrogen (secondary N) is 2. The van der Waals surface area contributed by atoms with Gasteiger partial charge < -0.3 is 24.8 Å². The summed E-state index contributed by atoms with van der Waals surface area (Å²) < 4.78 is 15.1. The number of rotatable bonds is 14. The summed E-state index contributed by atoms with van der Waals surface area (Å²) in [6.07, 6.45) is 3.42. The minimum Gasteiger partial charge on any atom is -0.461 e. The maximum Gasteiger partial charge on any atom is 0.407 e. The lowest BCUT2D eigenvalue weighted by Gasteiger charge is -2.14. The van der Waals surface area contributed by atoms with Gasteiger partial charge in [-0.2, -0.15) is 0 Å². The molecule has 0 aromatic heterocycles. The molecule has 2 unspecified atom stereocenters. The molecule has 2 atom stereocenters. The molecule has 0 saturated carbocycles. The van der Waals surface area contributed by atoms with E-state index < -0.39 is 6.09 Å². The number of unbranched alkanes of at least 4 members (excludes halogenated alkanes) is 3. The average molecular weight is 358 g/mol. The molecule has 0 radical (unpaired) electrons. The summed E-state index contributed by atoms with van der Waals surface area (Å²) in [5.41, 5.74) is 0.415. The van der Waals surface area contributed by atoms with Gasteiger partial charge in [0.1, 0.15) is 12.7 Å². The first-order valence-electron chi connectivity index (χ1n) is 8.86. The van der Waals surface area contributed by atoms with Crippen LogP contribution in [0.3, 0.4) is 0 Å². The molecule has 2 N–H and O–H groups in total. The van der Waals surface area contributed by atoms with Crippen LogP contribution in [0.5, 0.6) is 0 Å². The third-order valence-electron chi connectivity index (χ3n) is 3.39. The highest BCUT2D eigenvalue weighted by Crippen LogP contribution is 2.00. The van der Waals surface area contributed by atoms with Crippen LogP contribution in [0.4, 0.5) is 4.79 Å². The highest BCUT2D eigenvalue weighted by Gasteiger charge is 2.08. The van der Waals surface area contributed by atoms with Gasteiger partial charge in [0, 0.05) is 25.3 Å². The lowest BCUT2D eigenvalue weighted by Crippen LogP contribution is -2.32. The molecule has 146 valence electrons. The molecule has 25 heavy (non-hydrogen) atoms. The first-order chi connectivity index (χ1) is 11.9. The van der Waals surface area contributed by atoms with Crippen molar-refractivity contribution in [3.63, 3.8) is 0 Å². The highest BCUT2D eigenvalue weighted by atomic mass is 16.6. The zero-order valence-electron chi connectivity index (χ0n) is 16.1. The van der Waals surface area contributed by atoms with Crippen molar-refractivity contribution in [1.29, 1.82) is 0 Å². The van der Waals surface area contributed by atoms with Crippen LogP contribution in [-0.2, 0) is 19.0 Å². The van der Waals surface area contributed by atoms with Crippen molar-refractivity contribution in [3.05, 3.63) is 12.2 Å². The van der Waals surface area contributed by atoms with Crippen molar-refractivity contribution in [3.8, 4) is 0 Å². The molecule has 0 bridgehead atoms. The summed E-state index contributed by atoms with van der Waals surface area (Å²) >= 11 is 0. The van der Waals surface area contributed by atoms with Crippen molar-refractivity contribution in [2.24, 2.45) is 0 Å². The molecule has 7 heteroatoms. The zero-order chi connectivity index (χ0) is 19.1. The fourth-order valence-corrected chi connectivity index (χ4v) is 2.02. The SMILES string of the molecule is C=C(C)C(=O)OCC(C)NCCCCCCNC(=O)OC(C)COC. The van der Waals surface area contributed by atoms with Gasteiger partial charge in [0.25, 0.3) is 0 Å². The van der Waals surface area contributed by atoms with Gasteiger partial charge in [-0.05, 0) is 40.2 Å². The predicted molar refractivity (Wildman–Crippen MR) is 97.5 cm³/mol. The van der Waals surface area contributed by atoms with E-state index in [4.69, 9.17) is 14.2 Å². The van der Waals surface area contributed by atoms with Crippen LogP contribution < -0.4 is 10.6 Å². The van der Waals surface area contributed by atoms with Crippen molar-refractivity contribution in [2.45, 2.75) is 58.6 Å². The van der Waals surface area contributed by atoms with E-state index in [1.165, 1.54) is 0 Å². The molecule has 0 aliphatic rings. The fraction of sp³-hybridized carbons (Fsp3) is 0.778. The molecular formula is C18H34N2O5. The molecule has 0 spiro atoms. The van der Waals surface area contributed by atoms with E-state index in [9.17, 15) is 9.59 Å². The topological polar surface area (TPSA) is 85.9 Å².